The zero-order valence-electron chi connectivity index (χ0n) is 7.18. The predicted octanol–water partition coefficient (Wildman–Crippen LogP) is 2.58. The van der Waals surface area contributed by atoms with E-state index < -0.39 is 6.43 Å². The second-order valence-corrected chi connectivity index (χ2v) is 3.58. The molecule has 1 aliphatic carbocycles. The van der Waals surface area contributed by atoms with Crippen molar-refractivity contribution >= 4 is 0 Å². The van der Waals surface area contributed by atoms with E-state index in [2.05, 4.69) is 0 Å². The summed E-state index contributed by atoms with van der Waals surface area (Å²) in [5.41, 5.74) is 0. The molecule has 0 amide bonds. The monoisotopic (exact) mass is 178 g/mol. The van der Waals surface area contributed by atoms with Crippen LogP contribution in [0.15, 0.2) is 0 Å². The van der Waals surface area contributed by atoms with Crippen molar-refractivity contribution < 1.29 is 13.9 Å². The highest BCUT2D eigenvalue weighted by atomic mass is 19.3. The second kappa shape index (κ2) is 4.75. The lowest BCUT2D eigenvalue weighted by molar-refractivity contribution is 0.109. The van der Waals surface area contributed by atoms with Crippen LogP contribution in [0.4, 0.5) is 8.78 Å². The van der Waals surface area contributed by atoms with Gasteiger partial charge in [-0.15, -0.1) is 0 Å². The van der Waals surface area contributed by atoms with Crippen molar-refractivity contribution in [1.29, 1.82) is 0 Å². The molecule has 72 valence electrons. The Bertz CT molecular complexity index is 128. The van der Waals surface area contributed by atoms with Gasteiger partial charge in [0.05, 0.1) is 6.10 Å². The van der Waals surface area contributed by atoms with E-state index in [1.165, 1.54) is 0 Å². The van der Waals surface area contributed by atoms with Crippen LogP contribution in [0.5, 0.6) is 0 Å². The van der Waals surface area contributed by atoms with E-state index in [4.69, 9.17) is 0 Å². The first kappa shape index (κ1) is 9.90. The van der Waals surface area contributed by atoms with Crippen LogP contribution in [-0.4, -0.2) is 17.6 Å². The molecule has 1 saturated carbocycles. The molecule has 12 heavy (non-hydrogen) atoms. The molecule has 1 N–H and O–H groups in total. The molecular formula is C9H16F2O. The standard InChI is InChI=1S/C9H16F2O/c10-9(11)6-2-4-7-3-1-5-8(7)12/h7-9,12H,1-6H2. The fraction of sp³-hybridized carbons (Fsp3) is 1.00. The van der Waals surface area contributed by atoms with E-state index in [1.54, 1.807) is 0 Å². The Morgan fingerprint density at radius 2 is 2.08 bits per heavy atom. The first-order chi connectivity index (χ1) is 5.70. The third-order valence-corrected chi connectivity index (χ3v) is 2.62. The van der Waals surface area contributed by atoms with E-state index >= 15 is 0 Å². The Morgan fingerprint density at radius 1 is 1.33 bits per heavy atom. The van der Waals surface area contributed by atoms with E-state index in [0.29, 0.717) is 12.3 Å². The van der Waals surface area contributed by atoms with Gasteiger partial charge in [-0.1, -0.05) is 6.42 Å². The van der Waals surface area contributed by atoms with Gasteiger partial charge in [-0.3, -0.25) is 0 Å². The SMILES string of the molecule is OC1CCCC1CCCC(F)F. The van der Waals surface area contributed by atoms with Gasteiger partial charge < -0.3 is 5.11 Å². The highest BCUT2D eigenvalue weighted by Gasteiger charge is 2.24. The summed E-state index contributed by atoms with van der Waals surface area (Å²) in [6.07, 6.45) is 1.85. The minimum absolute atomic E-state index is 0.0107. The Balaban J connectivity index is 2.06. The van der Waals surface area contributed by atoms with Crippen molar-refractivity contribution in [3.63, 3.8) is 0 Å². The average molecular weight is 178 g/mol. The van der Waals surface area contributed by atoms with Gasteiger partial charge in [0.25, 0.3) is 0 Å². The van der Waals surface area contributed by atoms with Crippen LogP contribution in [0.25, 0.3) is 0 Å². The van der Waals surface area contributed by atoms with Crippen molar-refractivity contribution in [2.75, 3.05) is 0 Å². The summed E-state index contributed by atoms with van der Waals surface area (Å²) in [4.78, 5) is 0. The molecule has 0 bridgehead atoms. The molecule has 3 heteroatoms. The van der Waals surface area contributed by atoms with Gasteiger partial charge in [-0.05, 0) is 31.6 Å². The maximum absolute atomic E-state index is 11.7. The Morgan fingerprint density at radius 3 is 2.58 bits per heavy atom. The minimum atomic E-state index is -2.18. The van der Waals surface area contributed by atoms with Crippen LogP contribution in [0, 0.1) is 5.92 Å². The van der Waals surface area contributed by atoms with Crippen LogP contribution in [0.3, 0.4) is 0 Å². The molecule has 1 aliphatic rings. The zero-order valence-corrected chi connectivity index (χ0v) is 7.18. The van der Waals surface area contributed by atoms with E-state index in [-0.39, 0.29) is 12.5 Å². The van der Waals surface area contributed by atoms with E-state index in [9.17, 15) is 13.9 Å². The van der Waals surface area contributed by atoms with Crippen molar-refractivity contribution in [2.45, 2.75) is 51.1 Å². The van der Waals surface area contributed by atoms with Crippen LogP contribution in [-0.2, 0) is 0 Å². The number of hydrogen-bond acceptors (Lipinski definition) is 1. The number of hydrogen-bond donors (Lipinski definition) is 1. The van der Waals surface area contributed by atoms with Crippen molar-refractivity contribution in [3.8, 4) is 0 Å². The smallest absolute Gasteiger partial charge is 0.238 e. The molecule has 1 nitrogen and oxygen atoms in total. The van der Waals surface area contributed by atoms with Crippen molar-refractivity contribution in [2.24, 2.45) is 5.92 Å². The fourth-order valence-electron chi connectivity index (χ4n) is 1.89. The first-order valence-corrected chi connectivity index (χ1v) is 4.66. The third-order valence-electron chi connectivity index (χ3n) is 2.62. The average Bonchev–Trinajstić information content (AvgIpc) is 2.36. The number of aliphatic hydroxyl groups is 1. The van der Waals surface area contributed by atoms with Crippen molar-refractivity contribution in [1.82, 2.24) is 0 Å². The van der Waals surface area contributed by atoms with Gasteiger partial charge in [0, 0.05) is 6.42 Å². The molecule has 1 fully saturated rings. The molecule has 0 spiro atoms. The number of rotatable bonds is 4. The highest BCUT2D eigenvalue weighted by Crippen LogP contribution is 2.29. The molecule has 2 atom stereocenters. The molecule has 0 aliphatic heterocycles. The van der Waals surface area contributed by atoms with Gasteiger partial charge >= 0.3 is 0 Å². The number of halogens is 2. The van der Waals surface area contributed by atoms with E-state index in [1.807, 2.05) is 0 Å². The van der Waals surface area contributed by atoms with Gasteiger partial charge in [0.15, 0.2) is 0 Å². The third kappa shape index (κ3) is 3.05. The topological polar surface area (TPSA) is 20.2 Å². The summed E-state index contributed by atoms with van der Waals surface area (Å²) in [6, 6.07) is 0. The van der Waals surface area contributed by atoms with Crippen molar-refractivity contribution in [3.05, 3.63) is 0 Å². The Hall–Kier alpha value is -0.180. The summed E-state index contributed by atoms with van der Waals surface area (Å²) >= 11 is 0. The molecule has 2 unspecified atom stereocenters. The normalized spacial score (nSPS) is 30.0. The summed E-state index contributed by atoms with van der Waals surface area (Å²) < 4.78 is 23.5. The predicted molar refractivity (Wildman–Crippen MR) is 43.2 cm³/mol. The van der Waals surface area contributed by atoms with Gasteiger partial charge in [-0.25, -0.2) is 8.78 Å². The molecule has 0 radical (unpaired) electrons. The summed E-state index contributed by atoms with van der Waals surface area (Å²) in [5.74, 6) is 0.295. The number of alkyl halides is 2. The second-order valence-electron chi connectivity index (χ2n) is 3.58. The Kier molecular flexibility index (Phi) is 3.92. The first-order valence-electron chi connectivity index (χ1n) is 4.66. The van der Waals surface area contributed by atoms with Crippen LogP contribution in [0.1, 0.15) is 38.5 Å². The van der Waals surface area contributed by atoms with Crippen LogP contribution < -0.4 is 0 Å². The molecule has 0 saturated heterocycles. The van der Waals surface area contributed by atoms with Gasteiger partial charge in [0.2, 0.25) is 6.43 Å². The lowest BCUT2D eigenvalue weighted by Crippen LogP contribution is -2.12. The summed E-state index contributed by atoms with van der Waals surface area (Å²) in [7, 11) is 0. The molecular weight excluding hydrogens is 162 g/mol. The summed E-state index contributed by atoms with van der Waals surface area (Å²) in [5, 5.41) is 9.37. The molecule has 0 aromatic rings. The van der Waals surface area contributed by atoms with Gasteiger partial charge in [0.1, 0.15) is 0 Å². The molecule has 0 aromatic carbocycles. The Labute approximate surface area is 71.8 Å². The zero-order chi connectivity index (χ0) is 8.97. The fourth-order valence-corrected chi connectivity index (χ4v) is 1.89. The molecule has 0 aromatic heterocycles. The lowest BCUT2D eigenvalue weighted by atomic mass is 9.99. The maximum Gasteiger partial charge on any atom is 0.238 e. The van der Waals surface area contributed by atoms with Gasteiger partial charge in [-0.2, -0.15) is 0 Å². The highest BCUT2D eigenvalue weighted by molar-refractivity contribution is 4.76. The number of aliphatic hydroxyl groups excluding tert-OH is 1. The maximum atomic E-state index is 11.7. The van der Waals surface area contributed by atoms with Crippen LogP contribution in [0.2, 0.25) is 0 Å². The summed E-state index contributed by atoms with van der Waals surface area (Å²) in [6.45, 7) is 0. The largest absolute Gasteiger partial charge is 0.393 e. The lowest BCUT2D eigenvalue weighted by Gasteiger charge is -2.13. The van der Waals surface area contributed by atoms with E-state index in [0.717, 1.165) is 25.7 Å². The molecule has 0 heterocycles. The minimum Gasteiger partial charge on any atom is -0.393 e. The van der Waals surface area contributed by atoms with Crippen LogP contribution >= 0.6 is 0 Å². The molecule has 1 rings (SSSR count). The quantitative estimate of drug-likeness (QED) is 0.701.